The molecule has 3 nitrogen and oxygen atoms in total. The van der Waals surface area contributed by atoms with E-state index in [1.54, 1.807) is 0 Å². The smallest absolute Gasteiger partial charge is 0.233 e. The molecule has 2 aliphatic rings. The van der Waals surface area contributed by atoms with Crippen LogP contribution in [0.1, 0.15) is 44.1 Å². The predicted octanol–water partition coefficient (Wildman–Crippen LogP) is 4.14. The fourth-order valence-corrected chi connectivity index (χ4v) is 4.80. The Labute approximate surface area is 160 Å². The van der Waals surface area contributed by atoms with E-state index in [1.807, 2.05) is 13.1 Å². The summed E-state index contributed by atoms with van der Waals surface area (Å²) in [5.74, 6) is 0.965. The lowest BCUT2D eigenvalue weighted by atomic mass is 9.77. The Bertz CT molecular complexity index is 558. The number of likely N-dealkylation sites (tertiary alicyclic amines) is 1. The van der Waals surface area contributed by atoms with Gasteiger partial charge >= 0.3 is 0 Å². The van der Waals surface area contributed by atoms with E-state index in [1.165, 1.54) is 12.0 Å². The number of nitrogens with one attached hydrogen (secondary N) is 1. The third kappa shape index (κ3) is 3.97. The molecular weight excluding hydrogens is 388 g/mol. The summed E-state index contributed by atoms with van der Waals surface area (Å²) in [5, 5.41) is 3.27. The van der Waals surface area contributed by atoms with E-state index in [0.29, 0.717) is 11.8 Å². The van der Waals surface area contributed by atoms with Gasteiger partial charge in [-0.2, -0.15) is 0 Å². The lowest BCUT2D eigenvalue weighted by molar-refractivity contribution is -0.139. The molecule has 1 aromatic carbocycles. The SMILES string of the molecule is CNCC1CCCN(C(=O)C2(c3cccc(Br)c3)CCCC2)C1.Cl. The Kier molecular flexibility index (Phi) is 7.14. The van der Waals surface area contributed by atoms with Gasteiger partial charge in [-0.1, -0.05) is 40.9 Å². The number of benzene rings is 1. The Morgan fingerprint density at radius 3 is 2.75 bits per heavy atom. The van der Waals surface area contributed by atoms with E-state index in [4.69, 9.17) is 0 Å². The van der Waals surface area contributed by atoms with Crippen LogP contribution in [0.15, 0.2) is 28.7 Å². The molecule has 1 aromatic rings. The van der Waals surface area contributed by atoms with Crippen LogP contribution in [0.3, 0.4) is 0 Å². The third-order valence-corrected chi connectivity index (χ3v) is 6.04. The highest BCUT2D eigenvalue weighted by atomic mass is 79.9. The average molecular weight is 416 g/mol. The van der Waals surface area contributed by atoms with Crippen LogP contribution in [0, 0.1) is 5.92 Å². The molecule has 0 bridgehead atoms. The minimum absolute atomic E-state index is 0. The van der Waals surface area contributed by atoms with Gasteiger partial charge in [0.1, 0.15) is 0 Å². The molecule has 1 aliphatic heterocycles. The van der Waals surface area contributed by atoms with Gasteiger partial charge < -0.3 is 10.2 Å². The fourth-order valence-electron chi connectivity index (χ4n) is 4.40. The van der Waals surface area contributed by atoms with Gasteiger partial charge in [-0.15, -0.1) is 12.4 Å². The van der Waals surface area contributed by atoms with Gasteiger partial charge in [-0.3, -0.25) is 4.79 Å². The minimum Gasteiger partial charge on any atom is -0.342 e. The number of nitrogens with zero attached hydrogens (tertiary/aromatic N) is 1. The van der Waals surface area contributed by atoms with E-state index < -0.39 is 0 Å². The molecule has 5 heteroatoms. The second-order valence-electron chi connectivity index (χ2n) is 7.12. The number of amides is 1. The molecule has 1 saturated carbocycles. The topological polar surface area (TPSA) is 32.3 Å². The van der Waals surface area contributed by atoms with Gasteiger partial charge in [-0.25, -0.2) is 0 Å². The molecule has 1 N–H and O–H groups in total. The van der Waals surface area contributed by atoms with Crippen molar-refractivity contribution in [3.05, 3.63) is 34.3 Å². The van der Waals surface area contributed by atoms with E-state index in [0.717, 1.165) is 56.2 Å². The molecule has 1 heterocycles. The van der Waals surface area contributed by atoms with Crippen LogP contribution in [0.5, 0.6) is 0 Å². The molecule has 2 fully saturated rings. The third-order valence-electron chi connectivity index (χ3n) is 5.54. The first-order chi connectivity index (χ1) is 11.2. The van der Waals surface area contributed by atoms with E-state index in [-0.39, 0.29) is 17.8 Å². The normalized spacial score (nSPS) is 22.9. The Morgan fingerprint density at radius 1 is 1.33 bits per heavy atom. The van der Waals surface area contributed by atoms with E-state index >= 15 is 0 Å². The van der Waals surface area contributed by atoms with Crippen LogP contribution in [0.2, 0.25) is 0 Å². The predicted molar refractivity (Wildman–Crippen MR) is 105 cm³/mol. The van der Waals surface area contributed by atoms with Crippen LogP contribution in [-0.2, 0) is 10.2 Å². The van der Waals surface area contributed by atoms with Crippen molar-refractivity contribution in [1.82, 2.24) is 10.2 Å². The zero-order chi connectivity index (χ0) is 16.3. The Balaban J connectivity index is 0.00000208. The van der Waals surface area contributed by atoms with Crippen LogP contribution >= 0.6 is 28.3 Å². The molecule has 1 aliphatic carbocycles. The number of halogens is 2. The van der Waals surface area contributed by atoms with Crippen LogP contribution < -0.4 is 5.32 Å². The molecule has 1 saturated heterocycles. The van der Waals surface area contributed by atoms with Crippen LogP contribution in [-0.4, -0.2) is 37.5 Å². The summed E-state index contributed by atoms with van der Waals surface area (Å²) in [7, 11) is 2.00. The van der Waals surface area contributed by atoms with Crippen LogP contribution in [0.4, 0.5) is 0 Å². The maximum absolute atomic E-state index is 13.5. The zero-order valence-corrected chi connectivity index (χ0v) is 16.8. The quantitative estimate of drug-likeness (QED) is 0.801. The maximum Gasteiger partial charge on any atom is 0.233 e. The second kappa shape index (κ2) is 8.68. The standard InChI is InChI=1S/C19H27BrN2O.ClH/c1-21-13-15-6-5-11-22(14-15)18(23)19(9-2-3-10-19)16-7-4-8-17(20)12-16;/h4,7-8,12,15,21H,2-3,5-6,9-11,13-14H2,1H3;1H. The molecular formula is C19H28BrClN2O. The molecule has 1 unspecified atom stereocenters. The van der Waals surface area contributed by atoms with Crippen LogP contribution in [0.25, 0.3) is 0 Å². The molecule has 1 amide bonds. The number of hydrogen-bond donors (Lipinski definition) is 1. The molecule has 3 rings (SSSR count). The summed E-state index contributed by atoms with van der Waals surface area (Å²) in [5.41, 5.74) is 0.913. The average Bonchev–Trinajstić information content (AvgIpc) is 3.06. The van der Waals surface area contributed by atoms with E-state index in [9.17, 15) is 4.79 Å². The second-order valence-corrected chi connectivity index (χ2v) is 8.03. The van der Waals surface area contributed by atoms with Crippen molar-refractivity contribution in [2.45, 2.75) is 43.9 Å². The Morgan fingerprint density at radius 2 is 2.08 bits per heavy atom. The highest BCUT2D eigenvalue weighted by Crippen LogP contribution is 2.43. The van der Waals surface area contributed by atoms with Crippen molar-refractivity contribution in [3.63, 3.8) is 0 Å². The van der Waals surface area contributed by atoms with Crippen molar-refractivity contribution in [2.75, 3.05) is 26.7 Å². The van der Waals surface area contributed by atoms with Crippen molar-refractivity contribution in [2.24, 2.45) is 5.92 Å². The molecule has 134 valence electrons. The molecule has 24 heavy (non-hydrogen) atoms. The lowest BCUT2D eigenvalue weighted by Crippen LogP contribution is -2.50. The van der Waals surface area contributed by atoms with Crippen molar-refractivity contribution in [3.8, 4) is 0 Å². The summed E-state index contributed by atoms with van der Waals surface area (Å²) in [6.07, 6.45) is 6.67. The van der Waals surface area contributed by atoms with Gasteiger partial charge in [0.05, 0.1) is 5.41 Å². The maximum atomic E-state index is 13.5. The summed E-state index contributed by atoms with van der Waals surface area (Å²) in [4.78, 5) is 15.6. The van der Waals surface area contributed by atoms with Crippen molar-refractivity contribution >= 4 is 34.2 Å². The summed E-state index contributed by atoms with van der Waals surface area (Å²) >= 11 is 3.58. The first-order valence-electron chi connectivity index (χ1n) is 8.86. The Hall–Kier alpha value is -0.580. The van der Waals surface area contributed by atoms with E-state index in [2.05, 4.69) is 44.3 Å². The largest absolute Gasteiger partial charge is 0.342 e. The highest BCUT2D eigenvalue weighted by Gasteiger charge is 2.45. The fraction of sp³-hybridized carbons (Fsp3) is 0.632. The number of rotatable bonds is 4. The highest BCUT2D eigenvalue weighted by molar-refractivity contribution is 9.10. The van der Waals surface area contributed by atoms with Gasteiger partial charge in [0.15, 0.2) is 0 Å². The van der Waals surface area contributed by atoms with Gasteiger partial charge in [0.25, 0.3) is 0 Å². The molecule has 0 spiro atoms. The van der Waals surface area contributed by atoms with Gasteiger partial charge in [0, 0.05) is 17.6 Å². The summed E-state index contributed by atoms with van der Waals surface area (Å²) in [6.45, 7) is 2.85. The van der Waals surface area contributed by atoms with Crippen molar-refractivity contribution < 1.29 is 4.79 Å². The van der Waals surface area contributed by atoms with Gasteiger partial charge in [-0.05, 0) is 62.9 Å². The number of carbonyl (C=O) groups excluding carboxylic acids is 1. The monoisotopic (exact) mass is 414 g/mol. The molecule has 0 aromatic heterocycles. The lowest BCUT2D eigenvalue weighted by Gasteiger charge is -2.39. The summed E-state index contributed by atoms with van der Waals surface area (Å²) in [6, 6.07) is 8.40. The number of hydrogen-bond acceptors (Lipinski definition) is 2. The zero-order valence-electron chi connectivity index (χ0n) is 14.4. The number of carbonyl (C=O) groups is 1. The minimum atomic E-state index is -0.286. The first-order valence-corrected chi connectivity index (χ1v) is 9.65. The molecule has 1 atom stereocenters. The molecule has 0 radical (unpaired) electrons. The first kappa shape index (κ1) is 19.7. The van der Waals surface area contributed by atoms with Gasteiger partial charge in [0.2, 0.25) is 5.91 Å². The number of piperidine rings is 1. The van der Waals surface area contributed by atoms with Crippen molar-refractivity contribution in [1.29, 1.82) is 0 Å². The summed E-state index contributed by atoms with van der Waals surface area (Å²) < 4.78 is 1.07.